The van der Waals surface area contributed by atoms with Crippen molar-refractivity contribution in [1.29, 1.82) is 0 Å². The van der Waals surface area contributed by atoms with Crippen LogP contribution in [0.1, 0.15) is 67.2 Å². The first-order valence-corrected chi connectivity index (χ1v) is 8.58. The van der Waals surface area contributed by atoms with Crippen LogP contribution in [0.5, 0.6) is 0 Å². The van der Waals surface area contributed by atoms with E-state index in [9.17, 15) is 19.2 Å². The Morgan fingerprint density at radius 3 is 2.04 bits per heavy atom. The molecule has 0 N–H and O–H groups in total. The van der Waals surface area contributed by atoms with Crippen molar-refractivity contribution in [2.24, 2.45) is 17.8 Å². The van der Waals surface area contributed by atoms with Crippen LogP contribution in [-0.4, -0.2) is 23.1 Å². The molecule has 0 aromatic heterocycles. The number of Topliss-reactive ketones (excluding diaryl/α,β-unsaturated/α-hetero) is 4. The highest BCUT2D eigenvalue weighted by Gasteiger charge is 2.44. The van der Waals surface area contributed by atoms with Gasteiger partial charge in [-0.25, -0.2) is 0 Å². The number of hydrogen-bond acceptors (Lipinski definition) is 4. The number of ketones is 4. The number of carbonyl (C=O) groups excluding carboxylic acids is 4. The zero-order chi connectivity index (χ0) is 17.9. The molecule has 1 aliphatic rings. The maximum absolute atomic E-state index is 12.7. The number of carbonyl (C=O) groups is 4. The van der Waals surface area contributed by atoms with E-state index in [0.717, 1.165) is 6.42 Å². The molecular formula is C20H24O4. The molecule has 0 amide bonds. The van der Waals surface area contributed by atoms with Crippen molar-refractivity contribution in [3.63, 3.8) is 0 Å². The Kier molecular flexibility index (Phi) is 5.81. The summed E-state index contributed by atoms with van der Waals surface area (Å²) in [5.74, 6) is -1.95. The summed E-state index contributed by atoms with van der Waals surface area (Å²) in [6, 6.07) is 6.82. The monoisotopic (exact) mass is 328 g/mol. The van der Waals surface area contributed by atoms with Crippen molar-refractivity contribution in [1.82, 2.24) is 0 Å². The average Bonchev–Trinajstić information content (AvgIpc) is 2.79. The third-order valence-electron chi connectivity index (χ3n) is 4.90. The second-order valence-electron chi connectivity index (χ2n) is 6.67. The van der Waals surface area contributed by atoms with Crippen LogP contribution in [0.3, 0.4) is 0 Å². The second-order valence-corrected chi connectivity index (χ2v) is 6.67. The molecule has 0 fully saturated rings. The number of hydrogen-bond donors (Lipinski definition) is 0. The third kappa shape index (κ3) is 3.53. The molecular weight excluding hydrogens is 304 g/mol. The Bertz CT molecular complexity index is 639. The normalized spacial score (nSPS) is 16.8. The molecule has 0 spiro atoms. The van der Waals surface area contributed by atoms with Gasteiger partial charge >= 0.3 is 0 Å². The zero-order valence-electron chi connectivity index (χ0n) is 14.5. The van der Waals surface area contributed by atoms with Crippen molar-refractivity contribution in [2.75, 3.05) is 0 Å². The van der Waals surface area contributed by atoms with Gasteiger partial charge in [-0.15, -0.1) is 0 Å². The molecule has 1 aromatic carbocycles. The molecule has 0 bridgehead atoms. The fourth-order valence-electron chi connectivity index (χ4n) is 3.58. The smallest absolute Gasteiger partial charge is 0.174 e. The molecule has 2 rings (SSSR count). The van der Waals surface area contributed by atoms with Crippen molar-refractivity contribution in [2.45, 2.75) is 46.5 Å². The summed E-state index contributed by atoms with van der Waals surface area (Å²) in [6.07, 6.45) is 1.83. The molecule has 0 saturated carbocycles. The van der Waals surface area contributed by atoms with E-state index in [1.807, 2.05) is 6.92 Å². The van der Waals surface area contributed by atoms with E-state index in [1.54, 1.807) is 31.2 Å². The van der Waals surface area contributed by atoms with E-state index in [1.165, 1.54) is 6.92 Å². The van der Waals surface area contributed by atoms with Gasteiger partial charge in [0.25, 0.3) is 0 Å². The highest BCUT2D eigenvalue weighted by Crippen LogP contribution is 2.37. The molecule has 1 aromatic rings. The largest absolute Gasteiger partial charge is 0.300 e. The van der Waals surface area contributed by atoms with Gasteiger partial charge in [-0.1, -0.05) is 38.1 Å². The molecule has 0 aliphatic heterocycles. The van der Waals surface area contributed by atoms with Crippen LogP contribution in [0.2, 0.25) is 0 Å². The molecule has 4 heteroatoms. The van der Waals surface area contributed by atoms with Crippen LogP contribution in [0.4, 0.5) is 0 Å². The summed E-state index contributed by atoms with van der Waals surface area (Å²) in [7, 11) is 0. The van der Waals surface area contributed by atoms with Gasteiger partial charge in [0.15, 0.2) is 11.6 Å². The Morgan fingerprint density at radius 2 is 1.58 bits per heavy atom. The molecule has 1 aliphatic carbocycles. The van der Waals surface area contributed by atoms with E-state index >= 15 is 0 Å². The van der Waals surface area contributed by atoms with E-state index in [4.69, 9.17) is 0 Å². The highest BCUT2D eigenvalue weighted by atomic mass is 16.2. The third-order valence-corrected chi connectivity index (χ3v) is 4.90. The Labute approximate surface area is 142 Å². The SMILES string of the molecule is CCCC(=O)C(CCC(C)=O)C(C)C1C(=O)c2ccccc2C1=O. The molecule has 4 nitrogen and oxygen atoms in total. The average molecular weight is 328 g/mol. The molecule has 0 saturated heterocycles. The van der Waals surface area contributed by atoms with Crippen LogP contribution in [0, 0.1) is 17.8 Å². The van der Waals surface area contributed by atoms with E-state index < -0.39 is 17.8 Å². The van der Waals surface area contributed by atoms with Crippen LogP contribution in [-0.2, 0) is 9.59 Å². The quantitative estimate of drug-likeness (QED) is 0.683. The van der Waals surface area contributed by atoms with Crippen molar-refractivity contribution in [3.8, 4) is 0 Å². The van der Waals surface area contributed by atoms with Crippen LogP contribution in [0.15, 0.2) is 24.3 Å². The Hall–Kier alpha value is -2.10. The van der Waals surface area contributed by atoms with E-state index in [2.05, 4.69) is 0 Å². The van der Waals surface area contributed by atoms with E-state index in [0.29, 0.717) is 30.4 Å². The summed E-state index contributed by atoms with van der Waals surface area (Å²) < 4.78 is 0. The van der Waals surface area contributed by atoms with Gasteiger partial charge in [-0.3, -0.25) is 14.4 Å². The van der Waals surface area contributed by atoms with Gasteiger partial charge in [0.2, 0.25) is 0 Å². The lowest BCUT2D eigenvalue weighted by Gasteiger charge is -2.26. The summed E-state index contributed by atoms with van der Waals surface area (Å²) in [6.45, 7) is 5.21. The maximum atomic E-state index is 12.7. The second kappa shape index (κ2) is 7.65. The van der Waals surface area contributed by atoms with Crippen LogP contribution in [0.25, 0.3) is 0 Å². The maximum Gasteiger partial charge on any atom is 0.174 e. The van der Waals surface area contributed by atoms with Gasteiger partial charge in [0, 0.05) is 29.9 Å². The molecule has 128 valence electrons. The molecule has 0 heterocycles. The molecule has 0 radical (unpaired) electrons. The number of benzene rings is 1. The van der Waals surface area contributed by atoms with Gasteiger partial charge in [0.05, 0.1) is 5.92 Å². The first kappa shape index (κ1) is 18.2. The minimum atomic E-state index is -0.805. The summed E-state index contributed by atoms with van der Waals surface area (Å²) in [5.41, 5.74) is 0.903. The zero-order valence-corrected chi connectivity index (χ0v) is 14.5. The predicted octanol–water partition coefficient (Wildman–Crippen LogP) is 3.67. The Balaban J connectivity index is 2.27. The fourth-order valence-corrected chi connectivity index (χ4v) is 3.58. The predicted molar refractivity (Wildman–Crippen MR) is 91.1 cm³/mol. The topological polar surface area (TPSA) is 68.3 Å². The van der Waals surface area contributed by atoms with Crippen LogP contribution >= 0.6 is 0 Å². The van der Waals surface area contributed by atoms with Gasteiger partial charge in [0.1, 0.15) is 11.6 Å². The summed E-state index contributed by atoms with van der Waals surface area (Å²) in [4.78, 5) is 49.2. The van der Waals surface area contributed by atoms with Crippen molar-refractivity contribution in [3.05, 3.63) is 35.4 Å². The lowest BCUT2D eigenvalue weighted by molar-refractivity contribution is -0.125. The number of fused-ring (bicyclic) bond motifs is 1. The van der Waals surface area contributed by atoms with Crippen molar-refractivity contribution >= 4 is 23.1 Å². The van der Waals surface area contributed by atoms with Gasteiger partial charge in [-0.2, -0.15) is 0 Å². The number of rotatable bonds is 8. The first-order valence-electron chi connectivity index (χ1n) is 8.58. The highest BCUT2D eigenvalue weighted by molar-refractivity contribution is 6.26. The van der Waals surface area contributed by atoms with Gasteiger partial charge in [-0.05, 0) is 25.7 Å². The Morgan fingerprint density at radius 1 is 1.04 bits per heavy atom. The molecule has 24 heavy (non-hydrogen) atoms. The molecule has 2 unspecified atom stereocenters. The summed E-state index contributed by atoms with van der Waals surface area (Å²) >= 11 is 0. The van der Waals surface area contributed by atoms with E-state index in [-0.39, 0.29) is 23.1 Å². The summed E-state index contributed by atoms with van der Waals surface area (Å²) in [5, 5.41) is 0. The van der Waals surface area contributed by atoms with Crippen molar-refractivity contribution < 1.29 is 19.2 Å². The lowest BCUT2D eigenvalue weighted by atomic mass is 9.75. The minimum Gasteiger partial charge on any atom is -0.300 e. The lowest BCUT2D eigenvalue weighted by Crippen LogP contribution is -2.33. The minimum absolute atomic E-state index is 0.0175. The fraction of sp³-hybridized carbons (Fsp3) is 0.500. The van der Waals surface area contributed by atoms with Gasteiger partial charge < -0.3 is 4.79 Å². The first-order chi connectivity index (χ1) is 11.4. The molecule has 2 atom stereocenters. The van der Waals surface area contributed by atoms with Crippen LogP contribution < -0.4 is 0 Å². The standard InChI is InChI=1S/C20H24O4/c1-4-7-17(22)14(11-10-12(2)21)13(3)18-19(23)15-8-5-6-9-16(15)20(18)24/h5-6,8-9,13-14,18H,4,7,10-11H2,1-3H3.